The Morgan fingerprint density at radius 2 is 2.11 bits per heavy atom. The fraction of sp³-hybridized carbons (Fsp3) is 0.333. The lowest BCUT2D eigenvalue weighted by atomic mass is 10.1. The van der Waals surface area contributed by atoms with E-state index in [-0.39, 0.29) is 5.91 Å². The molecule has 4 nitrogen and oxygen atoms in total. The summed E-state index contributed by atoms with van der Waals surface area (Å²) in [6, 6.07) is 5.91. The maximum absolute atomic E-state index is 12.3. The Hall–Kier alpha value is -2.10. The van der Waals surface area contributed by atoms with Gasteiger partial charge in [-0.3, -0.25) is 9.78 Å². The van der Waals surface area contributed by atoms with Crippen LogP contribution in [-0.2, 0) is 31.2 Å². The third-order valence-electron chi connectivity index (χ3n) is 3.73. The lowest BCUT2D eigenvalue weighted by Gasteiger charge is -2.28. The zero-order chi connectivity index (χ0) is 13.2. The van der Waals surface area contributed by atoms with Gasteiger partial charge in [0.1, 0.15) is 0 Å². The van der Waals surface area contributed by atoms with Crippen molar-refractivity contribution in [3.05, 3.63) is 53.6 Å². The second kappa shape index (κ2) is 4.88. The summed E-state index contributed by atoms with van der Waals surface area (Å²) in [6.45, 7) is 1.55. The fourth-order valence-corrected chi connectivity index (χ4v) is 2.62. The fourth-order valence-electron chi connectivity index (χ4n) is 2.62. The number of aryl methyl sites for hydroxylation is 1. The molecule has 2 aromatic rings. The molecule has 0 radical (unpaired) electrons. The van der Waals surface area contributed by atoms with Crippen LogP contribution in [0.2, 0.25) is 0 Å². The number of aromatic nitrogens is 2. The Labute approximate surface area is 112 Å². The highest BCUT2D eigenvalue weighted by atomic mass is 16.2. The predicted octanol–water partition coefficient (Wildman–Crippen LogP) is 1.55. The van der Waals surface area contributed by atoms with Gasteiger partial charge in [0.25, 0.3) is 0 Å². The highest BCUT2D eigenvalue weighted by Crippen LogP contribution is 2.20. The van der Waals surface area contributed by atoms with Crippen molar-refractivity contribution in [3.8, 4) is 0 Å². The maximum Gasteiger partial charge on any atom is 0.227 e. The number of rotatable bonds is 2. The molecule has 98 valence electrons. The Bertz CT molecular complexity index is 589. The quantitative estimate of drug-likeness (QED) is 0.816. The van der Waals surface area contributed by atoms with Gasteiger partial charge in [0.15, 0.2) is 0 Å². The molecule has 4 heteroatoms. The van der Waals surface area contributed by atoms with Crippen molar-refractivity contribution < 1.29 is 4.79 Å². The van der Waals surface area contributed by atoms with Gasteiger partial charge in [-0.1, -0.05) is 0 Å². The average molecular weight is 255 g/mol. The molecule has 2 aromatic heterocycles. The van der Waals surface area contributed by atoms with Gasteiger partial charge in [0.2, 0.25) is 5.91 Å². The summed E-state index contributed by atoms with van der Waals surface area (Å²) in [4.78, 5) is 18.2. The van der Waals surface area contributed by atoms with Crippen LogP contribution in [0.15, 0.2) is 36.8 Å². The van der Waals surface area contributed by atoms with Crippen LogP contribution in [0, 0.1) is 0 Å². The van der Waals surface area contributed by atoms with E-state index in [4.69, 9.17) is 0 Å². The van der Waals surface area contributed by atoms with Crippen molar-refractivity contribution in [2.45, 2.75) is 19.4 Å². The van der Waals surface area contributed by atoms with Crippen LogP contribution >= 0.6 is 0 Å². The molecule has 0 fully saturated rings. The molecule has 0 N–H and O–H groups in total. The first-order valence-corrected chi connectivity index (χ1v) is 6.54. The van der Waals surface area contributed by atoms with Crippen LogP contribution in [0.3, 0.4) is 0 Å². The molecule has 1 aliphatic rings. The zero-order valence-electron chi connectivity index (χ0n) is 11.0. The van der Waals surface area contributed by atoms with E-state index in [2.05, 4.69) is 28.9 Å². The first-order chi connectivity index (χ1) is 9.24. The van der Waals surface area contributed by atoms with Crippen LogP contribution < -0.4 is 0 Å². The third-order valence-corrected chi connectivity index (χ3v) is 3.73. The predicted molar refractivity (Wildman–Crippen MR) is 72.5 cm³/mol. The summed E-state index contributed by atoms with van der Waals surface area (Å²) in [6.07, 6.45) is 6.94. The minimum Gasteiger partial charge on any atom is -0.354 e. The van der Waals surface area contributed by atoms with E-state index >= 15 is 0 Å². The molecule has 0 spiro atoms. The minimum absolute atomic E-state index is 0.195. The smallest absolute Gasteiger partial charge is 0.227 e. The van der Waals surface area contributed by atoms with Crippen molar-refractivity contribution in [1.82, 2.24) is 14.5 Å². The van der Waals surface area contributed by atoms with E-state index in [0.717, 1.165) is 25.1 Å². The van der Waals surface area contributed by atoms with E-state index < -0.39 is 0 Å². The number of hydrogen-bond acceptors (Lipinski definition) is 2. The van der Waals surface area contributed by atoms with Gasteiger partial charge in [-0.05, 0) is 29.3 Å². The number of fused-ring (bicyclic) bond motifs is 1. The molecule has 0 unspecified atom stereocenters. The molecule has 0 aromatic carbocycles. The summed E-state index contributed by atoms with van der Waals surface area (Å²) in [5.41, 5.74) is 3.66. The lowest BCUT2D eigenvalue weighted by molar-refractivity contribution is -0.131. The Morgan fingerprint density at radius 1 is 1.32 bits per heavy atom. The van der Waals surface area contributed by atoms with Crippen LogP contribution in [0.1, 0.15) is 16.8 Å². The standard InChI is InChI=1S/C15H17N3O/c1-17-8-4-13-11-18(9-5-14(13)17)15(19)10-12-2-6-16-7-3-12/h2-4,6-8H,5,9-11H2,1H3. The topological polar surface area (TPSA) is 38.1 Å². The molecular weight excluding hydrogens is 238 g/mol. The maximum atomic E-state index is 12.3. The van der Waals surface area contributed by atoms with Crippen molar-refractivity contribution in [2.75, 3.05) is 6.54 Å². The first kappa shape index (κ1) is 12.0. The van der Waals surface area contributed by atoms with Crippen molar-refractivity contribution >= 4 is 5.91 Å². The minimum atomic E-state index is 0.195. The van der Waals surface area contributed by atoms with E-state index in [1.807, 2.05) is 17.0 Å². The van der Waals surface area contributed by atoms with E-state index in [9.17, 15) is 4.79 Å². The molecule has 0 aliphatic carbocycles. The Kier molecular flexibility index (Phi) is 3.07. The molecule has 0 saturated heterocycles. The summed E-state index contributed by atoms with van der Waals surface area (Å²) < 4.78 is 2.15. The second-order valence-corrected chi connectivity index (χ2v) is 5.00. The molecule has 0 bridgehead atoms. The van der Waals surface area contributed by atoms with Gasteiger partial charge in [0.05, 0.1) is 6.42 Å². The highest BCUT2D eigenvalue weighted by Gasteiger charge is 2.22. The molecule has 1 aliphatic heterocycles. The van der Waals surface area contributed by atoms with Gasteiger partial charge >= 0.3 is 0 Å². The van der Waals surface area contributed by atoms with Gasteiger partial charge in [-0.15, -0.1) is 0 Å². The molecule has 1 amide bonds. The number of amides is 1. The molecule has 19 heavy (non-hydrogen) atoms. The molecule has 0 atom stereocenters. The SMILES string of the molecule is Cn1ccc2c1CCN(C(=O)Cc1ccncc1)C2. The molecule has 3 rings (SSSR count). The molecule has 3 heterocycles. The van der Waals surface area contributed by atoms with Crippen LogP contribution in [-0.4, -0.2) is 26.9 Å². The first-order valence-electron chi connectivity index (χ1n) is 6.54. The number of nitrogens with zero attached hydrogens (tertiary/aromatic N) is 3. The summed E-state index contributed by atoms with van der Waals surface area (Å²) in [7, 11) is 2.06. The zero-order valence-corrected chi connectivity index (χ0v) is 11.0. The van der Waals surface area contributed by atoms with E-state index in [1.165, 1.54) is 11.3 Å². The summed E-state index contributed by atoms with van der Waals surface area (Å²) in [5, 5.41) is 0. The van der Waals surface area contributed by atoms with Crippen molar-refractivity contribution in [3.63, 3.8) is 0 Å². The highest BCUT2D eigenvalue weighted by molar-refractivity contribution is 5.79. The second-order valence-electron chi connectivity index (χ2n) is 5.00. The summed E-state index contributed by atoms with van der Waals surface area (Å²) >= 11 is 0. The van der Waals surface area contributed by atoms with Crippen LogP contribution in [0.5, 0.6) is 0 Å². The van der Waals surface area contributed by atoms with Crippen molar-refractivity contribution in [1.29, 1.82) is 0 Å². The lowest BCUT2D eigenvalue weighted by Crippen LogP contribution is -2.37. The number of carbonyl (C=O) groups excluding carboxylic acids is 1. The van der Waals surface area contributed by atoms with E-state index in [1.54, 1.807) is 12.4 Å². The van der Waals surface area contributed by atoms with Crippen LogP contribution in [0.25, 0.3) is 0 Å². The Morgan fingerprint density at radius 3 is 2.89 bits per heavy atom. The van der Waals surface area contributed by atoms with Gasteiger partial charge in [-0.25, -0.2) is 0 Å². The van der Waals surface area contributed by atoms with Gasteiger partial charge in [0, 0.05) is 50.8 Å². The summed E-state index contributed by atoms with van der Waals surface area (Å²) in [5.74, 6) is 0.195. The third kappa shape index (κ3) is 2.38. The molecule has 0 saturated carbocycles. The van der Waals surface area contributed by atoms with Crippen LogP contribution in [0.4, 0.5) is 0 Å². The number of pyridine rings is 1. The molecular formula is C15H17N3O. The largest absolute Gasteiger partial charge is 0.354 e. The van der Waals surface area contributed by atoms with Gasteiger partial charge in [-0.2, -0.15) is 0 Å². The van der Waals surface area contributed by atoms with Crippen molar-refractivity contribution in [2.24, 2.45) is 7.05 Å². The van der Waals surface area contributed by atoms with E-state index in [0.29, 0.717) is 6.42 Å². The monoisotopic (exact) mass is 255 g/mol. The average Bonchev–Trinajstić information content (AvgIpc) is 2.81. The Balaban J connectivity index is 1.69. The normalized spacial score (nSPS) is 14.3. The number of hydrogen-bond donors (Lipinski definition) is 0. The number of carbonyl (C=O) groups is 1. The van der Waals surface area contributed by atoms with Gasteiger partial charge < -0.3 is 9.47 Å².